The summed E-state index contributed by atoms with van der Waals surface area (Å²) < 4.78 is 19.7. The van der Waals surface area contributed by atoms with Gasteiger partial charge in [0.05, 0.1) is 15.6 Å². The molecule has 186 valence electrons. The summed E-state index contributed by atoms with van der Waals surface area (Å²) in [5, 5.41) is 13.6. The standard InChI is InChI=1S/C24H21Cl2FN6O3/c1-32-8-10-33(11-9-32)24(35)13-2-4-14(5-3-13)28-22(34)17-12-18-21(31-30-17)29-23(36-18)19-15(25)6-7-16(27)20(19)26/h2-7,12,23H,8-11H2,1H3,(H,28,34)(H,29,31)/t23-/m0/s1. The van der Waals surface area contributed by atoms with E-state index in [1.165, 1.54) is 12.1 Å². The lowest BCUT2D eigenvalue weighted by Crippen LogP contribution is -2.47. The van der Waals surface area contributed by atoms with Crippen molar-refractivity contribution in [1.29, 1.82) is 0 Å². The van der Waals surface area contributed by atoms with E-state index in [0.29, 0.717) is 24.3 Å². The number of fused-ring (bicyclic) bond motifs is 1. The Bertz CT molecular complexity index is 1330. The predicted molar refractivity (Wildman–Crippen MR) is 133 cm³/mol. The number of piperazine rings is 1. The Balaban J connectivity index is 1.25. The van der Waals surface area contributed by atoms with Gasteiger partial charge in [0.1, 0.15) is 5.82 Å². The van der Waals surface area contributed by atoms with Crippen molar-refractivity contribution >= 4 is 46.5 Å². The molecular weight excluding hydrogens is 510 g/mol. The summed E-state index contributed by atoms with van der Waals surface area (Å²) in [6.45, 7) is 3.04. The largest absolute Gasteiger partial charge is 0.462 e. The lowest BCUT2D eigenvalue weighted by molar-refractivity contribution is 0.0664. The molecule has 12 heteroatoms. The Morgan fingerprint density at radius 1 is 1.08 bits per heavy atom. The van der Waals surface area contributed by atoms with Crippen LogP contribution in [-0.2, 0) is 0 Å². The molecule has 1 fully saturated rings. The zero-order valence-electron chi connectivity index (χ0n) is 19.1. The number of ether oxygens (including phenoxy) is 1. The number of anilines is 2. The summed E-state index contributed by atoms with van der Waals surface area (Å²) in [7, 11) is 2.03. The van der Waals surface area contributed by atoms with Crippen LogP contribution in [0.4, 0.5) is 15.9 Å². The van der Waals surface area contributed by atoms with Gasteiger partial charge in [0.2, 0.25) is 6.23 Å². The molecule has 2 N–H and O–H groups in total. The van der Waals surface area contributed by atoms with Crippen LogP contribution in [0, 0.1) is 5.82 Å². The monoisotopic (exact) mass is 530 g/mol. The van der Waals surface area contributed by atoms with Gasteiger partial charge in [-0.15, -0.1) is 10.2 Å². The summed E-state index contributed by atoms with van der Waals surface area (Å²) in [5.41, 5.74) is 1.27. The van der Waals surface area contributed by atoms with Crippen molar-refractivity contribution < 1.29 is 18.7 Å². The van der Waals surface area contributed by atoms with Crippen LogP contribution in [0.1, 0.15) is 32.6 Å². The summed E-state index contributed by atoms with van der Waals surface area (Å²) in [6, 6.07) is 10.6. The topological polar surface area (TPSA) is 99.7 Å². The zero-order valence-corrected chi connectivity index (χ0v) is 20.6. The number of amides is 2. The molecule has 0 radical (unpaired) electrons. The van der Waals surface area contributed by atoms with E-state index in [1.54, 1.807) is 24.3 Å². The van der Waals surface area contributed by atoms with Gasteiger partial charge in [-0.05, 0) is 43.4 Å². The van der Waals surface area contributed by atoms with E-state index in [1.807, 2.05) is 11.9 Å². The molecule has 2 aromatic carbocycles. The number of carbonyl (C=O) groups excluding carboxylic acids is 2. The van der Waals surface area contributed by atoms with Gasteiger partial charge in [-0.2, -0.15) is 0 Å². The van der Waals surface area contributed by atoms with E-state index < -0.39 is 18.0 Å². The fraction of sp³-hybridized carbons (Fsp3) is 0.250. The maximum absolute atomic E-state index is 13.9. The quantitative estimate of drug-likeness (QED) is 0.490. The Kier molecular flexibility index (Phi) is 6.65. The fourth-order valence-corrected chi connectivity index (χ4v) is 4.52. The molecule has 2 amide bonds. The Morgan fingerprint density at radius 3 is 2.53 bits per heavy atom. The Hall–Kier alpha value is -3.47. The Morgan fingerprint density at radius 2 is 1.81 bits per heavy atom. The first-order valence-electron chi connectivity index (χ1n) is 11.1. The summed E-state index contributed by atoms with van der Waals surface area (Å²) in [4.78, 5) is 29.5. The first-order chi connectivity index (χ1) is 17.3. The number of likely N-dealkylation sites (N-methyl/N-ethyl adjacent to an activating group) is 1. The van der Waals surface area contributed by atoms with Gasteiger partial charge in [-0.1, -0.05) is 23.2 Å². The molecule has 0 spiro atoms. The van der Waals surface area contributed by atoms with E-state index in [4.69, 9.17) is 27.9 Å². The minimum absolute atomic E-state index is 0.00484. The highest BCUT2D eigenvalue weighted by atomic mass is 35.5. The molecule has 3 aromatic rings. The SMILES string of the molecule is CN1CCN(C(=O)c2ccc(NC(=O)c3cc4c(nn3)N[C@H](c3c(Cl)ccc(F)c3Cl)O4)cc2)CC1. The van der Waals surface area contributed by atoms with Crippen molar-refractivity contribution in [3.63, 3.8) is 0 Å². The highest BCUT2D eigenvalue weighted by Crippen LogP contribution is 2.41. The van der Waals surface area contributed by atoms with E-state index >= 15 is 0 Å². The van der Waals surface area contributed by atoms with Crippen molar-refractivity contribution in [3.05, 3.63) is 75.1 Å². The highest BCUT2D eigenvalue weighted by molar-refractivity contribution is 6.36. The second-order valence-electron chi connectivity index (χ2n) is 8.47. The smallest absolute Gasteiger partial charge is 0.276 e. The summed E-state index contributed by atoms with van der Waals surface area (Å²) >= 11 is 12.2. The van der Waals surface area contributed by atoms with Crippen LogP contribution in [-0.4, -0.2) is 65.0 Å². The van der Waals surface area contributed by atoms with Gasteiger partial charge < -0.3 is 25.2 Å². The number of benzene rings is 2. The molecule has 2 aliphatic heterocycles. The number of hydrogen-bond donors (Lipinski definition) is 2. The van der Waals surface area contributed by atoms with Crippen molar-refractivity contribution in [1.82, 2.24) is 20.0 Å². The van der Waals surface area contributed by atoms with Crippen LogP contribution in [0.2, 0.25) is 10.0 Å². The van der Waals surface area contributed by atoms with Crippen LogP contribution in [0.25, 0.3) is 0 Å². The molecular formula is C24H21Cl2FN6O3. The number of hydrogen-bond acceptors (Lipinski definition) is 7. The zero-order chi connectivity index (χ0) is 25.4. The third kappa shape index (κ3) is 4.79. The molecule has 2 aliphatic rings. The maximum atomic E-state index is 13.9. The average molecular weight is 531 g/mol. The number of aromatic nitrogens is 2. The van der Waals surface area contributed by atoms with Gasteiger partial charge in [-0.3, -0.25) is 9.59 Å². The third-order valence-corrected chi connectivity index (χ3v) is 6.74. The molecule has 36 heavy (non-hydrogen) atoms. The number of nitrogens with zero attached hydrogens (tertiary/aromatic N) is 4. The van der Waals surface area contributed by atoms with Gasteiger partial charge in [0.15, 0.2) is 17.3 Å². The minimum Gasteiger partial charge on any atom is -0.462 e. The van der Waals surface area contributed by atoms with Crippen molar-refractivity contribution in [3.8, 4) is 5.75 Å². The van der Waals surface area contributed by atoms with Crippen molar-refractivity contribution in [2.24, 2.45) is 0 Å². The van der Waals surface area contributed by atoms with E-state index in [-0.39, 0.29) is 38.8 Å². The van der Waals surface area contributed by atoms with Crippen LogP contribution < -0.4 is 15.4 Å². The normalized spacial score (nSPS) is 17.2. The Labute approximate surface area is 216 Å². The molecule has 1 atom stereocenters. The van der Waals surface area contributed by atoms with Crippen molar-refractivity contribution in [2.75, 3.05) is 43.9 Å². The molecule has 1 aromatic heterocycles. The second kappa shape index (κ2) is 9.88. The van der Waals surface area contributed by atoms with Crippen molar-refractivity contribution in [2.45, 2.75) is 6.23 Å². The molecule has 5 rings (SSSR count). The first-order valence-corrected chi connectivity index (χ1v) is 11.9. The van der Waals surface area contributed by atoms with Crippen LogP contribution >= 0.6 is 23.2 Å². The highest BCUT2D eigenvalue weighted by Gasteiger charge is 2.31. The molecule has 3 heterocycles. The summed E-state index contributed by atoms with van der Waals surface area (Å²) in [6.07, 6.45) is -0.895. The van der Waals surface area contributed by atoms with Gasteiger partial charge in [-0.25, -0.2) is 4.39 Å². The number of nitrogens with one attached hydrogen (secondary N) is 2. The van der Waals surface area contributed by atoms with E-state index in [2.05, 4.69) is 25.7 Å². The van der Waals surface area contributed by atoms with Gasteiger partial charge in [0.25, 0.3) is 11.8 Å². The molecule has 0 aliphatic carbocycles. The van der Waals surface area contributed by atoms with E-state index in [0.717, 1.165) is 19.2 Å². The lowest BCUT2D eigenvalue weighted by Gasteiger charge is -2.32. The van der Waals surface area contributed by atoms with Crippen LogP contribution in [0.5, 0.6) is 5.75 Å². The second-order valence-corrected chi connectivity index (χ2v) is 9.25. The molecule has 0 bridgehead atoms. The molecule has 0 saturated carbocycles. The van der Waals surface area contributed by atoms with Crippen LogP contribution in [0.15, 0.2) is 42.5 Å². The summed E-state index contributed by atoms with van der Waals surface area (Å²) in [5.74, 6) is -0.690. The van der Waals surface area contributed by atoms with Gasteiger partial charge in [0, 0.05) is 43.5 Å². The number of rotatable bonds is 4. The number of halogens is 3. The van der Waals surface area contributed by atoms with Gasteiger partial charge >= 0.3 is 0 Å². The predicted octanol–water partition coefficient (Wildman–Crippen LogP) is 4.07. The number of carbonyl (C=O) groups is 2. The average Bonchev–Trinajstić information content (AvgIpc) is 3.30. The molecule has 9 nitrogen and oxygen atoms in total. The molecule has 1 saturated heterocycles. The fourth-order valence-electron chi connectivity index (χ4n) is 3.95. The maximum Gasteiger partial charge on any atom is 0.276 e. The van der Waals surface area contributed by atoms with Crippen LogP contribution in [0.3, 0.4) is 0 Å². The molecule has 0 unspecified atom stereocenters. The third-order valence-electron chi connectivity index (χ3n) is 6.03. The lowest BCUT2D eigenvalue weighted by atomic mass is 10.1. The minimum atomic E-state index is -0.895. The first kappa shape index (κ1) is 24.2. The van der Waals surface area contributed by atoms with E-state index in [9.17, 15) is 14.0 Å².